The summed E-state index contributed by atoms with van der Waals surface area (Å²) in [5, 5.41) is 8.30. The summed E-state index contributed by atoms with van der Waals surface area (Å²) < 4.78 is 8.61. The van der Waals surface area contributed by atoms with E-state index in [0.29, 0.717) is 18.8 Å². The van der Waals surface area contributed by atoms with Gasteiger partial charge < -0.3 is 10.1 Å². The lowest BCUT2D eigenvalue weighted by Gasteiger charge is -2.23. The molecule has 2 aromatic carbocycles. The first-order chi connectivity index (χ1) is 14.2. The molecule has 0 bridgehead atoms. The highest BCUT2D eigenvalue weighted by Crippen LogP contribution is 2.39. The second-order valence-electron chi connectivity index (χ2n) is 7.05. The lowest BCUT2D eigenvalue weighted by molar-refractivity contribution is -0.116. The first-order valence-electron chi connectivity index (χ1n) is 9.69. The molecule has 0 aliphatic carbocycles. The molecule has 1 atom stereocenters. The summed E-state index contributed by atoms with van der Waals surface area (Å²) in [7, 11) is 0. The zero-order valence-electron chi connectivity index (χ0n) is 16.0. The van der Waals surface area contributed by atoms with Gasteiger partial charge in [-0.25, -0.2) is 4.98 Å². The maximum atomic E-state index is 12.5. The van der Waals surface area contributed by atoms with Gasteiger partial charge in [0.25, 0.3) is 0 Å². The van der Waals surface area contributed by atoms with Gasteiger partial charge in [-0.1, -0.05) is 42.5 Å². The summed E-state index contributed by atoms with van der Waals surface area (Å²) in [6.45, 7) is 2.76. The second kappa shape index (κ2) is 7.33. The van der Waals surface area contributed by atoms with Crippen molar-refractivity contribution in [3.63, 3.8) is 0 Å². The molecule has 6 nitrogen and oxygen atoms in total. The molecule has 29 heavy (non-hydrogen) atoms. The van der Waals surface area contributed by atoms with Gasteiger partial charge >= 0.3 is 0 Å². The van der Waals surface area contributed by atoms with Gasteiger partial charge in [0.05, 0.1) is 23.0 Å². The van der Waals surface area contributed by atoms with Crippen LogP contribution in [0.3, 0.4) is 0 Å². The quantitative estimate of drug-likeness (QED) is 0.521. The van der Waals surface area contributed by atoms with Gasteiger partial charge in [0.2, 0.25) is 11.0 Å². The van der Waals surface area contributed by atoms with Crippen LogP contribution in [0.15, 0.2) is 54.7 Å². The Labute approximate surface area is 172 Å². The van der Waals surface area contributed by atoms with E-state index >= 15 is 0 Å². The van der Waals surface area contributed by atoms with Crippen molar-refractivity contribution in [2.45, 2.75) is 25.7 Å². The van der Waals surface area contributed by atoms with Crippen LogP contribution in [0.25, 0.3) is 15.3 Å². The molecule has 0 saturated carbocycles. The molecule has 1 aliphatic heterocycles. The minimum Gasteiger partial charge on any atom is -0.494 e. The fourth-order valence-corrected chi connectivity index (χ4v) is 4.58. The molecule has 0 spiro atoms. The number of nitrogens with zero attached hydrogens (tertiary/aromatic N) is 3. The fraction of sp³-hybridized carbons (Fsp3) is 0.227. The van der Waals surface area contributed by atoms with Crippen LogP contribution in [0.2, 0.25) is 0 Å². The molecular formula is C22H20N4O2S. The van der Waals surface area contributed by atoms with Gasteiger partial charge in [-0.15, -0.1) is 0 Å². The van der Waals surface area contributed by atoms with Gasteiger partial charge in [-0.2, -0.15) is 9.78 Å². The maximum Gasteiger partial charge on any atom is 0.226 e. The number of carbonyl (C=O) groups is 1. The number of thiazole rings is 1. The summed E-state index contributed by atoms with van der Waals surface area (Å²) >= 11 is 1.56. The predicted octanol–water partition coefficient (Wildman–Crippen LogP) is 4.74. The zero-order chi connectivity index (χ0) is 19.8. The zero-order valence-corrected chi connectivity index (χ0v) is 16.8. The monoisotopic (exact) mass is 404 g/mol. The Kier molecular flexibility index (Phi) is 4.52. The van der Waals surface area contributed by atoms with E-state index in [1.807, 2.05) is 54.7 Å². The summed E-state index contributed by atoms with van der Waals surface area (Å²) in [5.74, 6) is 1.44. The molecule has 0 unspecified atom stereocenters. The number of nitrogens with one attached hydrogen (secondary N) is 1. The first kappa shape index (κ1) is 17.9. The number of hydrogen-bond acceptors (Lipinski definition) is 5. The molecule has 3 heterocycles. The standard InChI is InChI=1S/C22H20N4O2S/c1-2-10-28-15-7-5-6-14(11-15)16-12-20(27)25-21-17(16)13-23-26(21)22-24-18-8-3-4-9-19(18)29-22/h3-9,11,13,16H,2,10,12H2,1H3,(H,25,27)/t16-/m1/s1. The molecule has 4 aromatic rings. The van der Waals surface area contributed by atoms with E-state index in [2.05, 4.69) is 22.3 Å². The first-order valence-corrected chi connectivity index (χ1v) is 10.5. The van der Waals surface area contributed by atoms with Gasteiger partial charge in [0, 0.05) is 17.9 Å². The number of hydrogen-bond donors (Lipinski definition) is 1. The van der Waals surface area contributed by atoms with Gasteiger partial charge in [-0.3, -0.25) is 4.79 Å². The van der Waals surface area contributed by atoms with E-state index in [1.165, 1.54) is 0 Å². The number of ether oxygens (including phenoxy) is 1. The molecule has 7 heteroatoms. The van der Waals surface area contributed by atoms with E-state index in [1.54, 1.807) is 16.0 Å². The van der Waals surface area contributed by atoms with Crippen LogP contribution in [-0.4, -0.2) is 27.3 Å². The van der Waals surface area contributed by atoms with Crippen molar-refractivity contribution in [3.05, 3.63) is 65.9 Å². The Hall–Kier alpha value is -3.19. The molecule has 146 valence electrons. The third-order valence-corrected chi connectivity index (χ3v) is 6.03. The minimum atomic E-state index is -0.0629. The van der Waals surface area contributed by atoms with E-state index in [0.717, 1.165) is 38.6 Å². The Bertz CT molecular complexity index is 1160. The van der Waals surface area contributed by atoms with Crippen molar-refractivity contribution in [3.8, 4) is 10.9 Å². The van der Waals surface area contributed by atoms with Crippen molar-refractivity contribution in [1.82, 2.24) is 14.8 Å². The smallest absolute Gasteiger partial charge is 0.226 e. The van der Waals surface area contributed by atoms with Crippen molar-refractivity contribution in [2.24, 2.45) is 0 Å². The molecule has 1 aliphatic rings. The van der Waals surface area contributed by atoms with Crippen molar-refractivity contribution in [2.75, 3.05) is 11.9 Å². The number of anilines is 1. The van der Waals surface area contributed by atoms with Crippen LogP contribution in [-0.2, 0) is 4.79 Å². The highest BCUT2D eigenvalue weighted by atomic mass is 32.1. The topological polar surface area (TPSA) is 69.0 Å². The summed E-state index contributed by atoms with van der Waals surface area (Å²) in [5.41, 5.74) is 2.98. The third kappa shape index (κ3) is 3.27. The van der Waals surface area contributed by atoms with Crippen molar-refractivity contribution >= 4 is 33.3 Å². The normalized spacial score (nSPS) is 15.9. The van der Waals surface area contributed by atoms with Crippen molar-refractivity contribution in [1.29, 1.82) is 0 Å². The average molecular weight is 404 g/mol. The number of rotatable bonds is 5. The van der Waals surface area contributed by atoms with Crippen LogP contribution in [0, 0.1) is 0 Å². The van der Waals surface area contributed by atoms with Crippen LogP contribution in [0.5, 0.6) is 5.75 Å². The second-order valence-corrected chi connectivity index (χ2v) is 8.06. The lowest BCUT2D eigenvalue weighted by Crippen LogP contribution is -2.24. The third-order valence-electron chi connectivity index (χ3n) is 5.02. The molecule has 0 fully saturated rings. The molecule has 5 rings (SSSR count). The SMILES string of the molecule is CCCOc1cccc([C@H]2CC(=O)Nc3c2cnn3-c2nc3ccccc3s2)c1. The fourth-order valence-electron chi connectivity index (χ4n) is 3.65. The van der Waals surface area contributed by atoms with Crippen molar-refractivity contribution < 1.29 is 9.53 Å². The molecular weight excluding hydrogens is 384 g/mol. The minimum absolute atomic E-state index is 0.0229. The largest absolute Gasteiger partial charge is 0.494 e. The van der Waals surface area contributed by atoms with Crippen LogP contribution in [0.1, 0.15) is 36.8 Å². The highest BCUT2D eigenvalue weighted by Gasteiger charge is 2.31. The Morgan fingerprint density at radius 2 is 2.14 bits per heavy atom. The Morgan fingerprint density at radius 3 is 3.00 bits per heavy atom. The number of fused-ring (bicyclic) bond motifs is 2. The van der Waals surface area contributed by atoms with E-state index in [9.17, 15) is 4.79 Å². The number of carbonyl (C=O) groups excluding carboxylic acids is 1. The number of para-hydroxylation sites is 1. The summed E-state index contributed by atoms with van der Waals surface area (Å²) in [6.07, 6.45) is 3.18. The predicted molar refractivity (Wildman–Crippen MR) is 114 cm³/mol. The maximum absolute atomic E-state index is 12.5. The molecule has 2 aromatic heterocycles. The number of amides is 1. The van der Waals surface area contributed by atoms with Gasteiger partial charge in [-0.05, 0) is 36.2 Å². The average Bonchev–Trinajstić information content (AvgIpc) is 3.35. The molecule has 1 amide bonds. The van der Waals surface area contributed by atoms with E-state index in [-0.39, 0.29) is 11.8 Å². The number of benzene rings is 2. The van der Waals surface area contributed by atoms with E-state index < -0.39 is 0 Å². The Balaban J connectivity index is 1.55. The molecule has 0 radical (unpaired) electrons. The van der Waals surface area contributed by atoms with Crippen LogP contribution in [0.4, 0.5) is 5.82 Å². The number of aromatic nitrogens is 3. The summed E-state index contributed by atoms with van der Waals surface area (Å²) in [4.78, 5) is 17.2. The molecule has 0 saturated heterocycles. The van der Waals surface area contributed by atoms with Gasteiger partial charge in [0.15, 0.2) is 0 Å². The summed E-state index contributed by atoms with van der Waals surface area (Å²) in [6, 6.07) is 16.0. The molecule has 1 N–H and O–H groups in total. The van der Waals surface area contributed by atoms with Crippen LogP contribution < -0.4 is 10.1 Å². The van der Waals surface area contributed by atoms with E-state index in [4.69, 9.17) is 4.74 Å². The Morgan fingerprint density at radius 1 is 1.24 bits per heavy atom. The highest BCUT2D eigenvalue weighted by molar-refractivity contribution is 7.20. The lowest BCUT2D eigenvalue weighted by atomic mass is 9.87. The van der Waals surface area contributed by atoms with Gasteiger partial charge in [0.1, 0.15) is 11.6 Å². The van der Waals surface area contributed by atoms with Crippen LogP contribution >= 0.6 is 11.3 Å².